The van der Waals surface area contributed by atoms with Crippen LogP contribution in [0, 0.1) is 5.92 Å². The molecule has 4 heteroatoms. The summed E-state index contributed by atoms with van der Waals surface area (Å²) in [6, 6.07) is 8.90. The van der Waals surface area contributed by atoms with Gasteiger partial charge < -0.3 is 14.7 Å². The molecule has 2 saturated heterocycles. The first-order valence-corrected chi connectivity index (χ1v) is 8.87. The van der Waals surface area contributed by atoms with Gasteiger partial charge in [-0.3, -0.25) is 4.79 Å². The fourth-order valence-electron chi connectivity index (χ4n) is 3.65. The molecule has 126 valence electrons. The number of amides is 1. The van der Waals surface area contributed by atoms with Crippen molar-refractivity contribution in [3.05, 3.63) is 29.8 Å². The normalized spacial score (nSPS) is 22.9. The standard InChI is InChI=1S/C19H29N3O/c1-15(2)16-4-6-18(7-5-16)21-10-12-22(13-11-21)19(23)17-8-9-20(3)14-17/h4-7,15,17H,8-14H2,1-3H3. The smallest absolute Gasteiger partial charge is 0.227 e. The number of carbonyl (C=O) groups is 1. The van der Waals surface area contributed by atoms with Gasteiger partial charge in [0.15, 0.2) is 0 Å². The van der Waals surface area contributed by atoms with E-state index in [0.29, 0.717) is 11.8 Å². The summed E-state index contributed by atoms with van der Waals surface area (Å²) in [6.45, 7) is 10.0. The molecule has 2 aliphatic heterocycles. The summed E-state index contributed by atoms with van der Waals surface area (Å²) in [4.78, 5) is 19.3. The van der Waals surface area contributed by atoms with Crippen LogP contribution in [0.2, 0.25) is 0 Å². The highest BCUT2D eigenvalue weighted by Crippen LogP contribution is 2.23. The molecule has 1 aromatic rings. The first kappa shape index (κ1) is 16.3. The zero-order chi connectivity index (χ0) is 16.4. The summed E-state index contributed by atoms with van der Waals surface area (Å²) >= 11 is 0. The van der Waals surface area contributed by atoms with Gasteiger partial charge in [0, 0.05) is 38.4 Å². The number of piperazine rings is 1. The molecule has 3 rings (SSSR count). The molecule has 1 aromatic carbocycles. The average Bonchev–Trinajstić information content (AvgIpc) is 3.01. The Kier molecular flexibility index (Phi) is 4.90. The number of nitrogens with zero attached hydrogens (tertiary/aromatic N) is 3. The van der Waals surface area contributed by atoms with Crippen LogP contribution in [0.1, 0.15) is 31.7 Å². The molecule has 2 fully saturated rings. The fourth-order valence-corrected chi connectivity index (χ4v) is 3.65. The summed E-state index contributed by atoms with van der Waals surface area (Å²) in [7, 11) is 2.10. The van der Waals surface area contributed by atoms with Crippen molar-refractivity contribution in [1.29, 1.82) is 0 Å². The van der Waals surface area contributed by atoms with E-state index in [1.54, 1.807) is 0 Å². The van der Waals surface area contributed by atoms with Crippen LogP contribution in [0.5, 0.6) is 0 Å². The van der Waals surface area contributed by atoms with Crippen molar-refractivity contribution in [1.82, 2.24) is 9.80 Å². The number of rotatable bonds is 3. The van der Waals surface area contributed by atoms with Crippen LogP contribution in [0.3, 0.4) is 0 Å². The maximum atomic E-state index is 12.6. The van der Waals surface area contributed by atoms with E-state index in [1.165, 1.54) is 11.3 Å². The molecule has 23 heavy (non-hydrogen) atoms. The van der Waals surface area contributed by atoms with Crippen LogP contribution in [0.4, 0.5) is 5.69 Å². The predicted molar refractivity (Wildman–Crippen MR) is 94.9 cm³/mol. The SMILES string of the molecule is CC(C)c1ccc(N2CCN(C(=O)C3CCN(C)C3)CC2)cc1. The molecule has 0 aliphatic carbocycles. The number of hydrogen-bond donors (Lipinski definition) is 0. The van der Waals surface area contributed by atoms with Crippen LogP contribution < -0.4 is 4.90 Å². The second-order valence-electron chi connectivity index (χ2n) is 7.31. The third kappa shape index (κ3) is 3.69. The minimum atomic E-state index is 0.219. The molecule has 0 bridgehead atoms. The van der Waals surface area contributed by atoms with Crippen LogP contribution in [0.25, 0.3) is 0 Å². The van der Waals surface area contributed by atoms with Gasteiger partial charge in [0.2, 0.25) is 5.91 Å². The van der Waals surface area contributed by atoms with E-state index < -0.39 is 0 Å². The van der Waals surface area contributed by atoms with Crippen molar-refractivity contribution >= 4 is 11.6 Å². The maximum absolute atomic E-state index is 12.6. The summed E-state index contributed by atoms with van der Waals surface area (Å²) in [6.07, 6.45) is 1.02. The lowest BCUT2D eigenvalue weighted by molar-refractivity contribution is -0.135. The number of benzene rings is 1. The number of likely N-dealkylation sites (tertiary alicyclic amines) is 1. The minimum Gasteiger partial charge on any atom is -0.368 e. The molecule has 2 aliphatic rings. The van der Waals surface area contributed by atoms with Gasteiger partial charge in [-0.1, -0.05) is 26.0 Å². The summed E-state index contributed by atoms with van der Waals surface area (Å²) < 4.78 is 0. The third-order valence-electron chi connectivity index (χ3n) is 5.26. The van der Waals surface area contributed by atoms with Crippen molar-refractivity contribution in [3.8, 4) is 0 Å². The highest BCUT2D eigenvalue weighted by atomic mass is 16.2. The Morgan fingerprint density at radius 3 is 2.22 bits per heavy atom. The Morgan fingerprint density at radius 2 is 1.70 bits per heavy atom. The van der Waals surface area contributed by atoms with Gasteiger partial charge in [-0.05, 0) is 43.6 Å². The van der Waals surface area contributed by atoms with Gasteiger partial charge in [0.1, 0.15) is 0 Å². The number of carbonyl (C=O) groups excluding carboxylic acids is 1. The van der Waals surface area contributed by atoms with Crippen molar-refractivity contribution in [2.75, 3.05) is 51.2 Å². The molecule has 2 heterocycles. The molecule has 0 saturated carbocycles. The van der Waals surface area contributed by atoms with Gasteiger partial charge in [-0.15, -0.1) is 0 Å². The van der Waals surface area contributed by atoms with Crippen molar-refractivity contribution in [2.24, 2.45) is 5.92 Å². The Hall–Kier alpha value is -1.55. The van der Waals surface area contributed by atoms with Crippen LogP contribution in [-0.4, -0.2) is 62.0 Å². The Balaban J connectivity index is 1.54. The van der Waals surface area contributed by atoms with E-state index in [2.05, 4.69) is 59.9 Å². The van der Waals surface area contributed by atoms with Crippen molar-refractivity contribution in [3.63, 3.8) is 0 Å². The van der Waals surface area contributed by atoms with E-state index in [-0.39, 0.29) is 5.92 Å². The zero-order valence-electron chi connectivity index (χ0n) is 14.7. The van der Waals surface area contributed by atoms with Crippen LogP contribution >= 0.6 is 0 Å². The van der Waals surface area contributed by atoms with Crippen LogP contribution in [-0.2, 0) is 4.79 Å². The minimum absolute atomic E-state index is 0.219. The van der Waals surface area contributed by atoms with Crippen molar-refractivity contribution < 1.29 is 4.79 Å². The molecule has 1 atom stereocenters. The molecule has 0 radical (unpaired) electrons. The zero-order valence-corrected chi connectivity index (χ0v) is 14.7. The second-order valence-corrected chi connectivity index (χ2v) is 7.31. The molecule has 1 amide bonds. The molecular weight excluding hydrogens is 286 g/mol. The van der Waals surface area contributed by atoms with Gasteiger partial charge >= 0.3 is 0 Å². The lowest BCUT2D eigenvalue weighted by atomic mass is 10.0. The lowest BCUT2D eigenvalue weighted by Crippen LogP contribution is -2.50. The highest BCUT2D eigenvalue weighted by molar-refractivity contribution is 5.79. The fraction of sp³-hybridized carbons (Fsp3) is 0.632. The van der Waals surface area contributed by atoms with E-state index in [1.807, 2.05) is 0 Å². The summed E-state index contributed by atoms with van der Waals surface area (Å²) in [5.74, 6) is 1.16. The first-order valence-electron chi connectivity index (χ1n) is 8.87. The monoisotopic (exact) mass is 315 g/mol. The molecule has 0 N–H and O–H groups in total. The Bertz CT molecular complexity index is 532. The molecule has 0 spiro atoms. The van der Waals surface area contributed by atoms with E-state index in [4.69, 9.17) is 0 Å². The Labute approximate surface area is 140 Å². The van der Waals surface area contributed by atoms with Crippen molar-refractivity contribution in [2.45, 2.75) is 26.2 Å². The number of hydrogen-bond acceptors (Lipinski definition) is 3. The number of anilines is 1. The third-order valence-corrected chi connectivity index (χ3v) is 5.26. The molecular formula is C19H29N3O. The molecule has 4 nitrogen and oxygen atoms in total. The second kappa shape index (κ2) is 6.91. The highest BCUT2D eigenvalue weighted by Gasteiger charge is 2.31. The van der Waals surface area contributed by atoms with E-state index in [9.17, 15) is 4.79 Å². The van der Waals surface area contributed by atoms with Gasteiger partial charge in [-0.2, -0.15) is 0 Å². The summed E-state index contributed by atoms with van der Waals surface area (Å²) in [5, 5.41) is 0. The molecule has 0 aromatic heterocycles. The van der Waals surface area contributed by atoms with E-state index in [0.717, 1.165) is 45.7 Å². The lowest BCUT2D eigenvalue weighted by Gasteiger charge is -2.37. The van der Waals surface area contributed by atoms with Gasteiger partial charge in [-0.25, -0.2) is 0 Å². The topological polar surface area (TPSA) is 26.8 Å². The largest absolute Gasteiger partial charge is 0.368 e. The molecule has 1 unspecified atom stereocenters. The predicted octanol–water partition coefficient (Wildman–Crippen LogP) is 2.41. The van der Waals surface area contributed by atoms with E-state index >= 15 is 0 Å². The maximum Gasteiger partial charge on any atom is 0.227 e. The van der Waals surface area contributed by atoms with Crippen LogP contribution in [0.15, 0.2) is 24.3 Å². The average molecular weight is 315 g/mol. The quantitative estimate of drug-likeness (QED) is 0.857. The van der Waals surface area contributed by atoms with Gasteiger partial charge in [0.25, 0.3) is 0 Å². The first-order chi connectivity index (χ1) is 11.0. The van der Waals surface area contributed by atoms with Gasteiger partial charge in [0.05, 0.1) is 5.92 Å². The Morgan fingerprint density at radius 1 is 1.04 bits per heavy atom. The summed E-state index contributed by atoms with van der Waals surface area (Å²) in [5.41, 5.74) is 2.66.